The van der Waals surface area contributed by atoms with Crippen LogP contribution in [-0.2, 0) is 10.2 Å². The van der Waals surface area contributed by atoms with Gasteiger partial charge in [-0.15, -0.1) is 24.0 Å². The van der Waals surface area contributed by atoms with Crippen molar-refractivity contribution < 1.29 is 4.74 Å². The Morgan fingerprint density at radius 1 is 1.36 bits per heavy atom. The Morgan fingerprint density at radius 3 is 2.55 bits per heavy atom. The zero-order valence-corrected chi connectivity index (χ0v) is 17.9. The fourth-order valence-electron chi connectivity index (χ4n) is 2.13. The summed E-state index contributed by atoms with van der Waals surface area (Å²) in [6.07, 6.45) is 0. The number of halogens is 2. The number of guanidine groups is 1. The third-order valence-corrected chi connectivity index (χ3v) is 4.02. The van der Waals surface area contributed by atoms with E-state index in [0.717, 1.165) is 17.0 Å². The van der Waals surface area contributed by atoms with Crippen LogP contribution in [0.4, 0.5) is 0 Å². The van der Waals surface area contributed by atoms with E-state index < -0.39 is 0 Å². The topological polar surface area (TPSA) is 45.7 Å². The predicted molar refractivity (Wildman–Crippen MR) is 108 cm³/mol. The molecule has 0 radical (unpaired) electrons. The van der Waals surface area contributed by atoms with Crippen molar-refractivity contribution in [3.05, 3.63) is 34.3 Å². The Balaban J connectivity index is 0.00000441. The SMILES string of the molecule is CN=C(NCC(C)(C)c1ccccc1Br)NC(C)COC.I. The first-order valence-corrected chi connectivity index (χ1v) is 7.91. The number of aliphatic imine (C=N–C) groups is 1. The molecule has 0 amide bonds. The molecule has 0 aliphatic rings. The lowest BCUT2D eigenvalue weighted by Crippen LogP contribution is -2.47. The van der Waals surface area contributed by atoms with Crippen molar-refractivity contribution in [2.24, 2.45) is 4.99 Å². The summed E-state index contributed by atoms with van der Waals surface area (Å²) >= 11 is 3.63. The van der Waals surface area contributed by atoms with Gasteiger partial charge in [-0.1, -0.05) is 48.0 Å². The average molecular weight is 484 g/mol. The Morgan fingerprint density at radius 2 is 2.00 bits per heavy atom. The molecule has 22 heavy (non-hydrogen) atoms. The van der Waals surface area contributed by atoms with Crippen molar-refractivity contribution in [1.82, 2.24) is 10.6 Å². The number of benzene rings is 1. The molecule has 0 spiro atoms. The first-order valence-electron chi connectivity index (χ1n) is 7.12. The van der Waals surface area contributed by atoms with Crippen LogP contribution in [0.3, 0.4) is 0 Å². The van der Waals surface area contributed by atoms with Crippen LogP contribution in [0.2, 0.25) is 0 Å². The highest BCUT2D eigenvalue weighted by molar-refractivity contribution is 14.0. The highest BCUT2D eigenvalue weighted by Crippen LogP contribution is 2.29. The maximum atomic E-state index is 5.13. The number of hydrogen-bond acceptors (Lipinski definition) is 2. The minimum atomic E-state index is -0.0117. The van der Waals surface area contributed by atoms with Crippen LogP contribution in [0.25, 0.3) is 0 Å². The van der Waals surface area contributed by atoms with Gasteiger partial charge in [-0.05, 0) is 18.6 Å². The monoisotopic (exact) mass is 483 g/mol. The fraction of sp³-hybridized carbons (Fsp3) is 0.562. The lowest BCUT2D eigenvalue weighted by molar-refractivity contribution is 0.179. The molecule has 2 N–H and O–H groups in total. The van der Waals surface area contributed by atoms with Gasteiger partial charge in [-0.25, -0.2) is 0 Å². The molecule has 1 atom stereocenters. The lowest BCUT2D eigenvalue weighted by atomic mass is 9.84. The van der Waals surface area contributed by atoms with Gasteiger partial charge < -0.3 is 15.4 Å². The van der Waals surface area contributed by atoms with Gasteiger partial charge in [0.25, 0.3) is 0 Å². The molecule has 1 aromatic carbocycles. The van der Waals surface area contributed by atoms with Crippen molar-refractivity contribution in [1.29, 1.82) is 0 Å². The van der Waals surface area contributed by atoms with Gasteiger partial charge in [-0.2, -0.15) is 0 Å². The summed E-state index contributed by atoms with van der Waals surface area (Å²) in [5, 5.41) is 6.70. The normalized spacial score (nSPS) is 13.3. The van der Waals surface area contributed by atoms with E-state index in [4.69, 9.17) is 4.74 Å². The number of rotatable bonds is 6. The number of hydrogen-bond donors (Lipinski definition) is 2. The quantitative estimate of drug-likeness (QED) is 0.369. The highest BCUT2D eigenvalue weighted by atomic mass is 127. The van der Waals surface area contributed by atoms with Gasteiger partial charge in [0.2, 0.25) is 0 Å². The zero-order valence-electron chi connectivity index (χ0n) is 13.9. The van der Waals surface area contributed by atoms with Crippen molar-refractivity contribution in [2.75, 3.05) is 27.3 Å². The van der Waals surface area contributed by atoms with Crippen LogP contribution in [0.5, 0.6) is 0 Å². The van der Waals surface area contributed by atoms with Crippen LogP contribution in [-0.4, -0.2) is 39.3 Å². The van der Waals surface area contributed by atoms with E-state index in [1.54, 1.807) is 14.2 Å². The molecule has 0 fully saturated rings. The number of nitrogens with one attached hydrogen (secondary N) is 2. The second kappa shape index (κ2) is 10.4. The molecule has 0 saturated carbocycles. The van der Waals surface area contributed by atoms with Crippen LogP contribution in [0, 0.1) is 0 Å². The van der Waals surface area contributed by atoms with Gasteiger partial charge in [0.05, 0.1) is 6.61 Å². The fourth-order valence-corrected chi connectivity index (χ4v) is 2.95. The average Bonchev–Trinajstić information content (AvgIpc) is 2.44. The Hall–Kier alpha value is -0.340. The first kappa shape index (κ1) is 21.7. The van der Waals surface area contributed by atoms with Gasteiger partial charge in [-0.3, -0.25) is 4.99 Å². The van der Waals surface area contributed by atoms with Crippen LogP contribution in [0.1, 0.15) is 26.3 Å². The standard InChI is InChI=1S/C16H26BrN3O.HI/c1-12(10-21-5)20-15(18-4)19-11-16(2,3)13-8-6-7-9-14(13)17;/h6-9,12H,10-11H2,1-5H3,(H2,18,19,20);1H. The molecule has 0 heterocycles. The molecule has 1 rings (SSSR count). The highest BCUT2D eigenvalue weighted by Gasteiger charge is 2.23. The Kier molecular flexibility index (Phi) is 10.3. The molecular weight excluding hydrogens is 457 g/mol. The van der Waals surface area contributed by atoms with E-state index >= 15 is 0 Å². The lowest BCUT2D eigenvalue weighted by Gasteiger charge is -2.28. The molecule has 0 bridgehead atoms. The molecule has 0 saturated heterocycles. The third kappa shape index (κ3) is 6.83. The van der Waals surface area contributed by atoms with E-state index in [9.17, 15) is 0 Å². The second-order valence-corrected chi connectivity index (χ2v) is 6.64. The van der Waals surface area contributed by atoms with Gasteiger partial charge >= 0.3 is 0 Å². The molecule has 4 nitrogen and oxygen atoms in total. The number of methoxy groups -OCH3 is 1. The molecule has 0 aliphatic carbocycles. The predicted octanol–water partition coefficient (Wildman–Crippen LogP) is 3.54. The summed E-state index contributed by atoms with van der Waals surface area (Å²) in [6.45, 7) is 7.93. The minimum Gasteiger partial charge on any atom is -0.383 e. The largest absolute Gasteiger partial charge is 0.383 e. The maximum Gasteiger partial charge on any atom is 0.191 e. The number of nitrogens with zero attached hydrogens (tertiary/aromatic N) is 1. The van der Waals surface area contributed by atoms with Crippen LogP contribution < -0.4 is 10.6 Å². The van der Waals surface area contributed by atoms with Crippen LogP contribution >= 0.6 is 39.9 Å². The molecule has 0 aromatic heterocycles. The summed E-state index contributed by atoms with van der Waals surface area (Å²) in [7, 11) is 3.48. The van der Waals surface area contributed by atoms with E-state index in [2.05, 4.69) is 70.5 Å². The van der Waals surface area contributed by atoms with Crippen molar-refractivity contribution >= 4 is 45.9 Å². The minimum absolute atomic E-state index is 0. The Bertz CT molecular complexity index is 480. The summed E-state index contributed by atoms with van der Waals surface area (Å²) in [6, 6.07) is 8.53. The Labute approximate surface area is 159 Å². The van der Waals surface area contributed by atoms with E-state index in [-0.39, 0.29) is 35.4 Å². The first-order chi connectivity index (χ1) is 9.90. The molecule has 0 aliphatic heterocycles. The van der Waals surface area contributed by atoms with Crippen molar-refractivity contribution in [3.63, 3.8) is 0 Å². The van der Waals surface area contributed by atoms with E-state index in [1.807, 2.05) is 6.07 Å². The molecular formula is C16H27BrIN3O. The molecule has 1 aromatic rings. The third-order valence-electron chi connectivity index (χ3n) is 3.32. The molecule has 126 valence electrons. The summed E-state index contributed by atoms with van der Waals surface area (Å²) in [5.74, 6) is 0.791. The molecule has 1 unspecified atom stereocenters. The van der Waals surface area contributed by atoms with E-state index in [1.165, 1.54) is 5.56 Å². The maximum absolute atomic E-state index is 5.13. The van der Waals surface area contributed by atoms with E-state index in [0.29, 0.717) is 6.61 Å². The number of ether oxygens (including phenoxy) is 1. The van der Waals surface area contributed by atoms with Gasteiger partial charge in [0.1, 0.15) is 0 Å². The van der Waals surface area contributed by atoms with Crippen molar-refractivity contribution in [3.8, 4) is 0 Å². The summed E-state index contributed by atoms with van der Waals surface area (Å²) in [5.41, 5.74) is 1.26. The molecule has 6 heteroatoms. The smallest absolute Gasteiger partial charge is 0.191 e. The summed E-state index contributed by atoms with van der Waals surface area (Å²) < 4.78 is 6.26. The summed E-state index contributed by atoms with van der Waals surface area (Å²) in [4.78, 5) is 4.26. The zero-order chi connectivity index (χ0) is 15.9. The van der Waals surface area contributed by atoms with Crippen LogP contribution in [0.15, 0.2) is 33.7 Å². The van der Waals surface area contributed by atoms with Crippen molar-refractivity contribution in [2.45, 2.75) is 32.2 Å². The van der Waals surface area contributed by atoms with Gasteiger partial charge in [0.15, 0.2) is 5.96 Å². The second-order valence-electron chi connectivity index (χ2n) is 5.79. The van der Waals surface area contributed by atoms with Gasteiger partial charge in [0, 0.05) is 36.6 Å².